The number of furan rings is 1. The number of hydrogen-bond donors (Lipinski definition) is 1. The highest BCUT2D eigenvalue weighted by atomic mass is 16.4. The predicted octanol–water partition coefficient (Wildman–Crippen LogP) is 3.09. The maximum absolute atomic E-state index is 12.4. The molecule has 100 valence electrons. The Bertz CT molecular complexity index is 558. The molecule has 0 aliphatic carbocycles. The van der Waals surface area contributed by atoms with Crippen LogP contribution in [0.15, 0.2) is 40.8 Å². The summed E-state index contributed by atoms with van der Waals surface area (Å²) in [6.07, 6.45) is 0.779. The van der Waals surface area contributed by atoms with Crippen molar-refractivity contribution in [2.75, 3.05) is 17.2 Å². The molecular formula is C15H18N2O2. The standard InChI is InChI=1S/C15H18N2O2/c1-3-13-9-10-14(19-13)15(18)17(4-2)12-7-5-11(16)6-8-12/h5-10H,3-4,16H2,1-2H3. The van der Waals surface area contributed by atoms with Crippen LogP contribution in [-0.2, 0) is 6.42 Å². The van der Waals surface area contributed by atoms with E-state index in [4.69, 9.17) is 10.2 Å². The molecule has 0 fully saturated rings. The third kappa shape index (κ3) is 2.78. The lowest BCUT2D eigenvalue weighted by Gasteiger charge is -2.19. The van der Waals surface area contributed by atoms with Gasteiger partial charge in [-0.15, -0.1) is 0 Å². The molecule has 1 heterocycles. The number of rotatable bonds is 4. The molecule has 0 aliphatic heterocycles. The summed E-state index contributed by atoms with van der Waals surface area (Å²) in [6, 6.07) is 10.8. The van der Waals surface area contributed by atoms with Crippen LogP contribution in [0.5, 0.6) is 0 Å². The van der Waals surface area contributed by atoms with E-state index in [1.807, 2.05) is 32.0 Å². The number of carbonyl (C=O) groups excluding carboxylic acids is 1. The number of amides is 1. The van der Waals surface area contributed by atoms with Gasteiger partial charge in [0.2, 0.25) is 0 Å². The van der Waals surface area contributed by atoms with Crippen molar-refractivity contribution in [2.45, 2.75) is 20.3 Å². The number of aryl methyl sites for hydroxylation is 1. The second-order valence-corrected chi connectivity index (χ2v) is 4.26. The Kier molecular flexibility index (Phi) is 3.90. The fraction of sp³-hybridized carbons (Fsp3) is 0.267. The summed E-state index contributed by atoms with van der Waals surface area (Å²) in [4.78, 5) is 14.1. The molecule has 0 saturated carbocycles. The van der Waals surface area contributed by atoms with Crippen molar-refractivity contribution >= 4 is 17.3 Å². The number of carbonyl (C=O) groups is 1. The highest BCUT2D eigenvalue weighted by Crippen LogP contribution is 2.20. The Morgan fingerprint density at radius 2 is 1.84 bits per heavy atom. The Labute approximate surface area is 112 Å². The van der Waals surface area contributed by atoms with Crippen molar-refractivity contribution in [1.82, 2.24) is 0 Å². The average molecular weight is 258 g/mol. The van der Waals surface area contributed by atoms with E-state index in [0.717, 1.165) is 17.9 Å². The second-order valence-electron chi connectivity index (χ2n) is 4.26. The molecule has 1 aromatic carbocycles. The van der Waals surface area contributed by atoms with Gasteiger partial charge in [0.05, 0.1) is 0 Å². The third-order valence-electron chi connectivity index (χ3n) is 2.99. The van der Waals surface area contributed by atoms with Gasteiger partial charge in [0, 0.05) is 24.3 Å². The topological polar surface area (TPSA) is 59.5 Å². The van der Waals surface area contributed by atoms with Gasteiger partial charge in [0.25, 0.3) is 5.91 Å². The molecule has 4 heteroatoms. The highest BCUT2D eigenvalue weighted by Gasteiger charge is 2.19. The number of nitrogens with zero attached hydrogens (tertiary/aromatic N) is 1. The highest BCUT2D eigenvalue weighted by molar-refractivity contribution is 6.04. The molecule has 2 rings (SSSR count). The fourth-order valence-corrected chi connectivity index (χ4v) is 1.91. The lowest BCUT2D eigenvalue weighted by Crippen LogP contribution is -2.30. The van der Waals surface area contributed by atoms with Gasteiger partial charge in [-0.2, -0.15) is 0 Å². The summed E-state index contributed by atoms with van der Waals surface area (Å²) in [6.45, 7) is 4.49. The number of hydrogen-bond acceptors (Lipinski definition) is 3. The van der Waals surface area contributed by atoms with Crippen LogP contribution in [0.25, 0.3) is 0 Å². The van der Waals surface area contributed by atoms with E-state index in [1.165, 1.54) is 0 Å². The first-order valence-corrected chi connectivity index (χ1v) is 6.41. The summed E-state index contributed by atoms with van der Waals surface area (Å²) in [5.74, 6) is 1.05. The normalized spacial score (nSPS) is 10.4. The molecule has 1 aromatic heterocycles. The number of nitrogen functional groups attached to an aromatic ring is 1. The predicted molar refractivity (Wildman–Crippen MR) is 76.3 cm³/mol. The zero-order valence-electron chi connectivity index (χ0n) is 11.2. The lowest BCUT2D eigenvalue weighted by molar-refractivity contribution is 0.0960. The average Bonchev–Trinajstić information content (AvgIpc) is 2.90. The van der Waals surface area contributed by atoms with E-state index in [0.29, 0.717) is 18.0 Å². The SMILES string of the molecule is CCc1ccc(C(=O)N(CC)c2ccc(N)cc2)o1. The minimum absolute atomic E-state index is 0.132. The summed E-state index contributed by atoms with van der Waals surface area (Å²) < 4.78 is 5.51. The maximum Gasteiger partial charge on any atom is 0.293 e. The van der Waals surface area contributed by atoms with Crippen LogP contribution in [-0.4, -0.2) is 12.5 Å². The van der Waals surface area contributed by atoms with Gasteiger partial charge in [0.15, 0.2) is 5.76 Å². The van der Waals surface area contributed by atoms with Gasteiger partial charge >= 0.3 is 0 Å². The molecule has 4 nitrogen and oxygen atoms in total. The van der Waals surface area contributed by atoms with Crippen molar-refractivity contribution < 1.29 is 9.21 Å². The van der Waals surface area contributed by atoms with Gasteiger partial charge in [-0.3, -0.25) is 4.79 Å². The number of anilines is 2. The van der Waals surface area contributed by atoms with Crippen molar-refractivity contribution in [3.63, 3.8) is 0 Å². The van der Waals surface area contributed by atoms with E-state index < -0.39 is 0 Å². The van der Waals surface area contributed by atoms with Crippen LogP contribution < -0.4 is 10.6 Å². The minimum Gasteiger partial charge on any atom is -0.456 e. The van der Waals surface area contributed by atoms with Crippen LogP contribution in [0.3, 0.4) is 0 Å². The van der Waals surface area contributed by atoms with Gasteiger partial charge in [-0.25, -0.2) is 0 Å². The second kappa shape index (κ2) is 5.61. The number of nitrogens with two attached hydrogens (primary N) is 1. The van der Waals surface area contributed by atoms with Crippen LogP contribution >= 0.6 is 0 Å². The molecular weight excluding hydrogens is 240 g/mol. The largest absolute Gasteiger partial charge is 0.456 e. The Morgan fingerprint density at radius 3 is 2.37 bits per heavy atom. The summed E-state index contributed by atoms with van der Waals surface area (Å²) in [7, 11) is 0. The van der Waals surface area contributed by atoms with Gasteiger partial charge in [-0.05, 0) is 43.3 Å². The monoisotopic (exact) mass is 258 g/mol. The van der Waals surface area contributed by atoms with Crippen LogP contribution in [0.1, 0.15) is 30.2 Å². The first-order valence-electron chi connectivity index (χ1n) is 6.41. The van der Waals surface area contributed by atoms with E-state index in [1.54, 1.807) is 23.1 Å². The number of benzene rings is 1. The fourth-order valence-electron chi connectivity index (χ4n) is 1.91. The van der Waals surface area contributed by atoms with E-state index in [9.17, 15) is 4.79 Å². The van der Waals surface area contributed by atoms with Crippen LogP contribution in [0.4, 0.5) is 11.4 Å². The molecule has 0 saturated heterocycles. The zero-order chi connectivity index (χ0) is 13.8. The van der Waals surface area contributed by atoms with E-state index in [2.05, 4.69) is 0 Å². The quantitative estimate of drug-likeness (QED) is 0.857. The zero-order valence-corrected chi connectivity index (χ0v) is 11.2. The Morgan fingerprint density at radius 1 is 1.16 bits per heavy atom. The van der Waals surface area contributed by atoms with Crippen LogP contribution in [0, 0.1) is 0 Å². The summed E-state index contributed by atoms with van der Waals surface area (Å²) in [5.41, 5.74) is 7.15. The first-order chi connectivity index (χ1) is 9.15. The van der Waals surface area contributed by atoms with Gasteiger partial charge in [0.1, 0.15) is 5.76 Å². The molecule has 0 aliphatic rings. The Balaban J connectivity index is 2.26. The third-order valence-corrected chi connectivity index (χ3v) is 2.99. The van der Waals surface area contributed by atoms with E-state index in [-0.39, 0.29) is 5.91 Å². The molecule has 1 amide bonds. The van der Waals surface area contributed by atoms with Crippen molar-refractivity contribution in [1.29, 1.82) is 0 Å². The molecule has 0 bridgehead atoms. The molecule has 2 aromatic rings. The smallest absolute Gasteiger partial charge is 0.293 e. The maximum atomic E-state index is 12.4. The summed E-state index contributed by atoms with van der Waals surface area (Å²) >= 11 is 0. The summed E-state index contributed by atoms with van der Waals surface area (Å²) in [5, 5.41) is 0. The lowest BCUT2D eigenvalue weighted by atomic mass is 10.2. The van der Waals surface area contributed by atoms with E-state index >= 15 is 0 Å². The van der Waals surface area contributed by atoms with Crippen LogP contribution in [0.2, 0.25) is 0 Å². The molecule has 2 N–H and O–H groups in total. The molecule has 0 radical (unpaired) electrons. The van der Waals surface area contributed by atoms with Crippen molar-refractivity contribution in [2.24, 2.45) is 0 Å². The van der Waals surface area contributed by atoms with Crippen molar-refractivity contribution in [3.05, 3.63) is 47.9 Å². The molecule has 0 spiro atoms. The first kappa shape index (κ1) is 13.2. The van der Waals surface area contributed by atoms with Gasteiger partial charge in [-0.1, -0.05) is 6.92 Å². The Hall–Kier alpha value is -2.23. The van der Waals surface area contributed by atoms with Gasteiger partial charge < -0.3 is 15.1 Å². The minimum atomic E-state index is -0.132. The van der Waals surface area contributed by atoms with Crippen molar-refractivity contribution in [3.8, 4) is 0 Å². The molecule has 0 atom stereocenters. The molecule has 19 heavy (non-hydrogen) atoms. The molecule has 0 unspecified atom stereocenters.